The summed E-state index contributed by atoms with van der Waals surface area (Å²) in [6.07, 6.45) is 1.15. The molecule has 1 aromatic heterocycles. The second-order valence-electron chi connectivity index (χ2n) is 8.02. The summed E-state index contributed by atoms with van der Waals surface area (Å²) in [5, 5.41) is 2.74. The zero-order valence-electron chi connectivity index (χ0n) is 19.3. The van der Waals surface area contributed by atoms with E-state index in [0.717, 1.165) is 5.56 Å². The molecule has 1 atom stereocenters. The maximum atomic E-state index is 12.8. The zero-order valence-corrected chi connectivity index (χ0v) is 20.1. The van der Waals surface area contributed by atoms with Gasteiger partial charge in [0.05, 0.1) is 13.0 Å². The normalized spacial score (nSPS) is 16.2. The summed E-state index contributed by atoms with van der Waals surface area (Å²) in [6.45, 7) is 3.86. The third-order valence-corrected chi connectivity index (χ3v) is 7.56. The second kappa shape index (κ2) is 10.3. The highest BCUT2D eigenvalue weighted by atomic mass is 32.2. The minimum absolute atomic E-state index is 0.00358. The lowest BCUT2D eigenvalue weighted by Gasteiger charge is -2.30. The van der Waals surface area contributed by atoms with Crippen molar-refractivity contribution in [2.45, 2.75) is 44.4 Å². The molecule has 1 aromatic carbocycles. The molecule has 0 aliphatic carbocycles. The van der Waals surface area contributed by atoms with Crippen LogP contribution in [0.5, 0.6) is 5.75 Å². The lowest BCUT2D eigenvalue weighted by molar-refractivity contribution is -0.159. The van der Waals surface area contributed by atoms with Crippen molar-refractivity contribution in [2.24, 2.45) is 13.0 Å². The number of ether oxygens (including phenoxy) is 2. The molecule has 1 fully saturated rings. The Bertz CT molecular complexity index is 1090. The average molecular weight is 479 g/mol. The molecule has 10 nitrogen and oxygen atoms in total. The van der Waals surface area contributed by atoms with Gasteiger partial charge in [-0.3, -0.25) is 9.59 Å². The summed E-state index contributed by atoms with van der Waals surface area (Å²) in [4.78, 5) is 29.0. The van der Waals surface area contributed by atoms with Crippen LogP contribution in [-0.2, 0) is 37.9 Å². The minimum Gasteiger partial charge on any atom is -0.496 e. The van der Waals surface area contributed by atoms with Crippen LogP contribution in [0.15, 0.2) is 35.5 Å². The smallest absolute Gasteiger partial charge is 0.309 e. The molecule has 0 bridgehead atoms. The number of aryl methyl sites for hydroxylation is 2. The maximum absolute atomic E-state index is 12.8. The molecular formula is C22H30N4O6S. The molecule has 1 saturated heterocycles. The van der Waals surface area contributed by atoms with Crippen molar-refractivity contribution < 1.29 is 27.5 Å². The molecule has 0 radical (unpaired) electrons. The quantitative estimate of drug-likeness (QED) is 0.569. The van der Waals surface area contributed by atoms with E-state index >= 15 is 0 Å². The van der Waals surface area contributed by atoms with E-state index in [2.05, 4.69) is 10.3 Å². The van der Waals surface area contributed by atoms with E-state index in [4.69, 9.17) is 9.47 Å². The van der Waals surface area contributed by atoms with Gasteiger partial charge in [0.2, 0.25) is 0 Å². The fourth-order valence-electron chi connectivity index (χ4n) is 3.61. The van der Waals surface area contributed by atoms with Gasteiger partial charge in [-0.05, 0) is 32.8 Å². The lowest BCUT2D eigenvalue weighted by atomic mass is 9.98. The number of carbonyl (C=O) groups is 2. The number of aromatic nitrogens is 2. The molecule has 2 aromatic rings. The molecule has 33 heavy (non-hydrogen) atoms. The fraction of sp³-hybridized carbons (Fsp3) is 0.500. The maximum Gasteiger partial charge on any atom is 0.309 e. The molecule has 0 spiro atoms. The summed E-state index contributed by atoms with van der Waals surface area (Å²) in [6, 6.07) is 7.31. The summed E-state index contributed by atoms with van der Waals surface area (Å²) < 4.78 is 39.2. The Morgan fingerprint density at radius 2 is 1.91 bits per heavy atom. The minimum atomic E-state index is -3.71. The van der Waals surface area contributed by atoms with Crippen LogP contribution in [-0.4, -0.2) is 60.5 Å². The number of imidazole rings is 1. The number of nitrogens with zero attached hydrogens (tertiary/aromatic N) is 3. The molecule has 1 aliphatic rings. The van der Waals surface area contributed by atoms with Gasteiger partial charge in [-0.25, -0.2) is 13.4 Å². The Hall–Kier alpha value is -2.92. The van der Waals surface area contributed by atoms with E-state index in [1.165, 1.54) is 17.4 Å². The van der Waals surface area contributed by atoms with E-state index in [1.807, 2.05) is 18.2 Å². The Labute approximate surface area is 193 Å². The fourth-order valence-corrected chi connectivity index (χ4v) is 5.11. The number of methoxy groups -OCH3 is 1. The Kier molecular flexibility index (Phi) is 7.75. The van der Waals surface area contributed by atoms with Gasteiger partial charge in [-0.15, -0.1) is 0 Å². The number of carbonyl (C=O) groups excluding carboxylic acids is 2. The van der Waals surface area contributed by atoms with Crippen molar-refractivity contribution in [3.05, 3.63) is 41.9 Å². The molecule has 1 unspecified atom stereocenters. The molecule has 11 heteroatoms. The summed E-state index contributed by atoms with van der Waals surface area (Å²) in [5.74, 6) is -0.123. The van der Waals surface area contributed by atoms with Crippen LogP contribution < -0.4 is 10.1 Å². The number of rotatable bonds is 8. The molecule has 3 rings (SSSR count). The van der Waals surface area contributed by atoms with Crippen LogP contribution in [0.2, 0.25) is 0 Å². The Balaban J connectivity index is 1.49. The number of sulfonamides is 1. The standard InChI is InChI=1S/C22H30N4O6S/c1-15(21(27)23-13-18-7-5-6-8-19(18)31-4)32-22(28)17-9-11-26(12-10-17)33(29,30)20-14-25(3)16(2)24-20/h5-8,14-15,17H,9-13H2,1-4H3,(H,23,27). The van der Waals surface area contributed by atoms with E-state index in [-0.39, 0.29) is 24.7 Å². The number of para-hydroxylation sites is 1. The first-order chi connectivity index (χ1) is 15.6. The van der Waals surface area contributed by atoms with Gasteiger partial charge in [0.25, 0.3) is 15.9 Å². The summed E-state index contributed by atoms with van der Waals surface area (Å²) in [5.41, 5.74) is 0.809. The van der Waals surface area contributed by atoms with Gasteiger partial charge < -0.3 is 19.4 Å². The number of esters is 1. The first-order valence-electron chi connectivity index (χ1n) is 10.7. The SMILES string of the molecule is COc1ccccc1CNC(=O)C(C)OC(=O)C1CCN(S(=O)(=O)c2cn(C)c(C)n2)CC1. The highest BCUT2D eigenvalue weighted by Gasteiger charge is 2.35. The van der Waals surface area contributed by atoms with Crippen LogP contribution in [0, 0.1) is 12.8 Å². The van der Waals surface area contributed by atoms with E-state index < -0.39 is 33.9 Å². The van der Waals surface area contributed by atoms with Crippen LogP contribution in [0.1, 0.15) is 31.2 Å². The average Bonchev–Trinajstić information content (AvgIpc) is 3.16. The van der Waals surface area contributed by atoms with Crippen molar-refractivity contribution in [1.29, 1.82) is 0 Å². The molecule has 1 aliphatic heterocycles. The molecule has 1 amide bonds. The highest BCUT2D eigenvalue weighted by molar-refractivity contribution is 7.89. The zero-order chi connectivity index (χ0) is 24.2. The first-order valence-corrected chi connectivity index (χ1v) is 12.2. The molecular weight excluding hydrogens is 448 g/mol. The van der Waals surface area contributed by atoms with Crippen LogP contribution in [0.3, 0.4) is 0 Å². The van der Waals surface area contributed by atoms with Crippen LogP contribution in [0.4, 0.5) is 0 Å². The van der Waals surface area contributed by atoms with Gasteiger partial charge in [-0.1, -0.05) is 18.2 Å². The number of nitrogens with one attached hydrogen (secondary N) is 1. The van der Waals surface area contributed by atoms with Crippen molar-refractivity contribution in [1.82, 2.24) is 19.2 Å². The van der Waals surface area contributed by atoms with Crippen molar-refractivity contribution in [2.75, 3.05) is 20.2 Å². The number of hydrogen-bond donors (Lipinski definition) is 1. The third-order valence-electron chi connectivity index (χ3n) is 5.79. The molecule has 1 N–H and O–H groups in total. The van der Waals surface area contributed by atoms with Crippen molar-refractivity contribution >= 4 is 21.9 Å². The van der Waals surface area contributed by atoms with E-state index in [9.17, 15) is 18.0 Å². The number of amides is 1. The number of benzene rings is 1. The second-order valence-corrected chi connectivity index (χ2v) is 9.91. The molecule has 180 valence electrons. The summed E-state index contributed by atoms with van der Waals surface area (Å²) in [7, 11) is -0.426. The number of hydrogen-bond acceptors (Lipinski definition) is 7. The van der Waals surface area contributed by atoms with Gasteiger partial charge in [0.15, 0.2) is 11.1 Å². The Morgan fingerprint density at radius 3 is 2.52 bits per heavy atom. The summed E-state index contributed by atoms with van der Waals surface area (Å²) >= 11 is 0. The lowest BCUT2D eigenvalue weighted by Crippen LogP contribution is -2.42. The Morgan fingerprint density at radius 1 is 1.24 bits per heavy atom. The first kappa shape index (κ1) is 24.7. The van der Waals surface area contributed by atoms with Gasteiger partial charge in [0, 0.05) is 38.4 Å². The predicted molar refractivity (Wildman–Crippen MR) is 120 cm³/mol. The highest BCUT2D eigenvalue weighted by Crippen LogP contribution is 2.25. The van der Waals surface area contributed by atoms with Crippen LogP contribution in [0.25, 0.3) is 0 Å². The van der Waals surface area contributed by atoms with Crippen LogP contribution >= 0.6 is 0 Å². The van der Waals surface area contributed by atoms with E-state index in [1.54, 1.807) is 31.7 Å². The van der Waals surface area contributed by atoms with Gasteiger partial charge in [-0.2, -0.15) is 4.31 Å². The monoisotopic (exact) mass is 478 g/mol. The molecule has 2 heterocycles. The molecule has 0 saturated carbocycles. The van der Waals surface area contributed by atoms with Crippen molar-refractivity contribution in [3.8, 4) is 5.75 Å². The van der Waals surface area contributed by atoms with Gasteiger partial charge in [0.1, 0.15) is 11.6 Å². The topological polar surface area (TPSA) is 120 Å². The van der Waals surface area contributed by atoms with Crippen molar-refractivity contribution in [3.63, 3.8) is 0 Å². The van der Waals surface area contributed by atoms with Gasteiger partial charge >= 0.3 is 5.97 Å². The van der Waals surface area contributed by atoms with E-state index in [0.29, 0.717) is 24.4 Å². The number of piperidine rings is 1. The largest absolute Gasteiger partial charge is 0.496 e. The third kappa shape index (κ3) is 5.72. The predicted octanol–water partition coefficient (Wildman–Crippen LogP) is 1.39.